The first-order chi connectivity index (χ1) is 6.25. The summed E-state index contributed by atoms with van der Waals surface area (Å²) in [4.78, 5) is 8.33. The number of hydrogen-bond donors (Lipinski definition) is 1. The standard InChI is InChI=1S/C7H8N6/c1-4-3-6(9-5(2)8-4)7-10-12-13-11-7/h3H,1-2H3,(H,10,11,12,13). The molecule has 0 saturated carbocycles. The fraction of sp³-hybridized carbons (Fsp3) is 0.286. The Bertz CT molecular complexity index is 387. The number of nitrogens with one attached hydrogen (secondary N) is 1. The van der Waals surface area contributed by atoms with Gasteiger partial charge in [-0.1, -0.05) is 0 Å². The lowest BCUT2D eigenvalue weighted by Crippen LogP contribution is -1.94. The molecule has 6 heteroatoms. The molecule has 1 N–H and O–H groups in total. The molecule has 0 bridgehead atoms. The van der Waals surface area contributed by atoms with E-state index in [9.17, 15) is 0 Å². The van der Waals surface area contributed by atoms with Gasteiger partial charge in [-0.15, -0.1) is 10.2 Å². The molecule has 0 radical (unpaired) electrons. The maximum atomic E-state index is 4.18. The van der Waals surface area contributed by atoms with Crippen molar-refractivity contribution < 1.29 is 0 Å². The van der Waals surface area contributed by atoms with E-state index < -0.39 is 0 Å². The van der Waals surface area contributed by atoms with Gasteiger partial charge in [0.2, 0.25) is 5.82 Å². The van der Waals surface area contributed by atoms with Gasteiger partial charge in [-0.3, -0.25) is 0 Å². The van der Waals surface area contributed by atoms with Crippen LogP contribution in [0, 0.1) is 13.8 Å². The van der Waals surface area contributed by atoms with E-state index in [0.717, 1.165) is 5.69 Å². The quantitative estimate of drug-likeness (QED) is 0.674. The second-order valence-corrected chi connectivity index (χ2v) is 2.68. The summed E-state index contributed by atoms with van der Waals surface area (Å²) in [6.45, 7) is 3.73. The molecule has 0 fully saturated rings. The highest BCUT2D eigenvalue weighted by Gasteiger charge is 2.05. The van der Waals surface area contributed by atoms with Crippen molar-refractivity contribution >= 4 is 0 Å². The predicted octanol–water partition coefficient (Wildman–Crippen LogP) is 0.274. The van der Waals surface area contributed by atoms with E-state index in [4.69, 9.17) is 0 Å². The summed E-state index contributed by atoms with van der Waals surface area (Å²) in [7, 11) is 0. The molecular formula is C7H8N6. The maximum Gasteiger partial charge on any atom is 0.223 e. The zero-order valence-electron chi connectivity index (χ0n) is 7.31. The molecule has 2 aromatic rings. The molecule has 0 aliphatic rings. The highest BCUT2D eigenvalue weighted by atomic mass is 15.5. The van der Waals surface area contributed by atoms with Gasteiger partial charge in [0.15, 0.2) is 0 Å². The van der Waals surface area contributed by atoms with Gasteiger partial charge in [-0.05, 0) is 25.1 Å². The summed E-state index contributed by atoms with van der Waals surface area (Å²) in [5.74, 6) is 1.20. The average molecular weight is 176 g/mol. The SMILES string of the molecule is Cc1cc(-c2nn[nH]n2)nc(C)n1. The monoisotopic (exact) mass is 176 g/mol. The van der Waals surface area contributed by atoms with Crippen LogP contribution in [-0.4, -0.2) is 30.6 Å². The van der Waals surface area contributed by atoms with Crippen molar-refractivity contribution in [3.05, 3.63) is 17.6 Å². The molecule has 0 amide bonds. The minimum absolute atomic E-state index is 0.494. The summed E-state index contributed by atoms with van der Waals surface area (Å²) in [5.41, 5.74) is 1.59. The molecule has 0 unspecified atom stereocenters. The van der Waals surface area contributed by atoms with Gasteiger partial charge in [-0.2, -0.15) is 5.21 Å². The van der Waals surface area contributed by atoms with Gasteiger partial charge >= 0.3 is 0 Å². The summed E-state index contributed by atoms with van der Waals surface area (Å²) >= 11 is 0. The molecule has 2 rings (SSSR count). The molecule has 0 aliphatic carbocycles. The summed E-state index contributed by atoms with van der Waals surface area (Å²) < 4.78 is 0. The van der Waals surface area contributed by atoms with Crippen molar-refractivity contribution in [2.24, 2.45) is 0 Å². The number of aryl methyl sites for hydroxylation is 2. The smallest absolute Gasteiger partial charge is 0.223 e. The second-order valence-electron chi connectivity index (χ2n) is 2.68. The highest BCUT2D eigenvalue weighted by Crippen LogP contribution is 2.10. The Kier molecular flexibility index (Phi) is 1.73. The third-order valence-corrected chi connectivity index (χ3v) is 1.54. The van der Waals surface area contributed by atoms with Gasteiger partial charge in [0.1, 0.15) is 11.5 Å². The van der Waals surface area contributed by atoms with E-state index in [0.29, 0.717) is 17.3 Å². The number of nitrogens with zero attached hydrogens (tertiary/aromatic N) is 5. The van der Waals surface area contributed by atoms with E-state index in [1.54, 1.807) is 0 Å². The van der Waals surface area contributed by atoms with Crippen LogP contribution in [0.2, 0.25) is 0 Å². The van der Waals surface area contributed by atoms with E-state index >= 15 is 0 Å². The van der Waals surface area contributed by atoms with E-state index in [1.165, 1.54) is 0 Å². The summed E-state index contributed by atoms with van der Waals surface area (Å²) in [6, 6.07) is 1.82. The molecular weight excluding hydrogens is 168 g/mol. The van der Waals surface area contributed by atoms with Crippen LogP contribution < -0.4 is 0 Å². The predicted molar refractivity (Wildman–Crippen MR) is 44.7 cm³/mol. The summed E-state index contributed by atoms with van der Waals surface area (Å²) in [6.07, 6.45) is 0. The average Bonchev–Trinajstić information content (AvgIpc) is 2.53. The van der Waals surface area contributed by atoms with Crippen LogP contribution >= 0.6 is 0 Å². The van der Waals surface area contributed by atoms with Crippen LogP contribution in [0.4, 0.5) is 0 Å². The molecule has 2 heterocycles. The van der Waals surface area contributed by atoms with Crippen LogP contribution in [0.3, 0.4) is 0 Å². The molecule has 13 heavy (non-hydrogen) atoms. The fourth-order valence-corrected chi connectivity index (χ4v) is 1.10. The van der Waals surface area contributed by atoms with E-state index in [1.807, 2.05) is 19.9 Å². The van der Waals surface area contributed by atoms with Crippen LogP contribution in [0.1, 0.15) is 11.5 Å². The van der Waals surface area contributed by atoms with Crippen molar-refractivity contribution in [3.63, 3.8) is 0 Å². The Labute approximate surface area is 74.4 Å². The Morgan fingerprint density at radius 3 is 2.69 bits per heavy atom. The summed E-state index contributed by atoms with van der Waals surface area (Å²) in [5, 5.41) is 13.5. The Balaban J connectivity index is 2.53. The number of aromatic nitrogens is 6. The lowest BCUT2D eigenvalue weighted by molar-refractivity contribution is 0.881. The van der Waals surface area contributed by atoms with Crippen LogP contribution in [-0.2, 0) is 0 Å². The Hall–Kier alpha value is -1.85. The second kappa shape index (κ2) is 2.89. The number of rotatable bonds is 1. The third-order valence-electron chi connectivity index (χ3n) is 1.54. The van der Waals surface area contributed by atoms with Crippen molar-refractivity contribution in [1.82, 2.24) is 30.6 Å². The van der Waals surface area contributed by atoms with E-state index in [2.05, 4.69) is 30.6 Å². The minimum atomic E-state index is 0.494. The fourth-order valence-electron chi connectivity index (χ4n) is 1.10. The van der Waals surface area contributed by atoms with Gasteiger partial charge in [0.25, 0.3) is 0 Å². The van der Waals surface area contributed by atoms with Gasteiger partial charge < -0.3 is 0 Å². The van der Waals surface area contributed by atoms with Crippen molar-refractivity contribution in [2.75, 3.05) is 0 Å². The van der Waals surface area contributed by atoms with E-state index in [-0.39, 0.29) is 0 Å². The van der Waals surface area contributed by atoms with Crippen LogP contribution in [0.5, 0.6) is 0 Å². The maximum absolute atomic E-state index is 4.18. The minimum Gasteiger partial charge on any atom is -0.239 e. The molecule has 66 valence electrons. The van der Waals surface area contributed by atoms with Gasteiger partial charge in [0.05, 0.1) is 0 Å². The zero-order chi connectivity index (χ0) is 9.26. The lowest BCUT2D eigenvalue weighted by Gasteiger charge is -1.97. The molecule has 6 nitrogen and oxygen atoms in total. The Morgan fingerprint density at radius 2 is 2.08 bits per heavy atom. The first-order valence-electron chi connectivity index (χ1n) is 3.82. The third kappa shape index (κ3) is 1.51. The first-order valence-corrected chi connectivity index (χ1v) is 3.82. The van der Waals surface area contributed by atoms with Gasteiger partial charge in [0, 0.05) is 5.69 Å². The highest BCUT2D eigenvalue weighted by molar-refractivity contribution is 5.47. The number of H-pyrrole nitrogens is 1. The molecule has 0 atom stereocenters. The number of tetrazole rings is 1. The molecule has 0 saturated heterocycles. The lowest BCUT2D eigenvalue weighted by atomic mass is 10.3. The number of hydrogen-bond acceptors (Lipinski definition) is 5. The normalized spacial score (nSPS) is 10.3. The number of aromatic amines is 1. The van der Waals surface area contributed by atoms with Crippen molar-refractivity contribution in [2.45, 2.75) is 13.8 Å². The van der Waals surface area contributed by atoms with Crippen molar-refractivity contribution in [3.8, 4) is 11.5 Å². The zero-order valence-corrected chi connectivity index (χ0v) is 7.31. The Morgan fingerprint density at radius 1 is 1.23 bits per heavy atom. The van der Waals surface area contributed by atoms with Crippen LogP contribution in [0.15, 0.2) is 6.07 Å². The molecule has 0 spiro atoms. The first kappa shape index (κ1) is 7.78. The topological polar surface area (TPSA) is 80.2 Å². The van der Waals surface area contributed by atoms with Crippen molar-refractivity contribution in [1.29, 1.82) is 0 Å². The van der Waals surface area contributed by atoms with Crippen LogP contribution in [0.25, 0.3) is 11.5 Å². The molecule has 0 aromatic carbocycles. The molecule has 2 aromatic heterocycles. The van der Waals surface area contributed by atoms with Gasteiger partial charge in [-0.25, -0.2) is 9.97 Å². The molecule has 0 aliphatic heterocycles. The largest absolute Gasteiger partial charge is 0.239 e.